The maximum atomic E-state index is 9.64. The molecule has 0 aliphatic rings. The highest BCUT2D eigenvalue weighted by atomic mass is 16.4. The van der Waals surface area contributed by atoms with E-state index in [0.29, 0.717) is 0 Å². The lowest BCUT2D eigenvalue weighted by Gasteiger charge is -2.25. The standard InChI is InChI=1S/C7H17NO5.C4H6O4/c1-8-2-4(10)6(12)7(13)5(11)3-9;5-3(6)1-2-4(7)8/h4-13H,2-3H2,1H3;1-2H2,(H,5,6)(H,7,8)/t4-,5+,6+,7+;/m0./s1. The zero-order chi connectivity index (χ0) is 17.0. The number of aliphatic hydroxyl groups excluding tert-OH is 5. The third-order valence-electron chi connectivity index (χ3n) is 2.29. The maximum absolute atomic E-state index is 9.64. The van der Waals surface area contributed by atoms with Gasteiger partial charge in [0.1, 0.15) is 18.3 Å². The van der Waals surface area contributed by atoms with Crippen LogP contribution in [0.5, 0.6) is 0 Å². The fourth-order valence-corrected chi connectivity index (χ4v) is 1.11. The number of hydrogen-bond donors (Lipinski definition) is 8. The molecular formula is C11H23NO9. The van der Waals surface area contributed by atoms with Crippen LogP contribution in [0.3, 0.4) is 0 Å². The van der Waals surface area contributed by atoms with Gasteiger partial charge in [-0.15, -0.1) is 0 Å². The van der Waals surface area contributed by atoms with Crippen LogP contribution < -0.4 is 5.32 Å². The molecule has 0 unspecified atom stereocenters. The van der Waals surface area contributed by atoms with Gasteiger partial charge in [0.15, 0.2) is 0 Å². The van der Waals surface area contributed by atoms with Crippen LogP contribution in [0, 0.1) is 0 Å². The molecule has 10 heteroatoms. The van der Waals surface area contributed by atoms with E-state index < -0.39 is 43.0 Å². The molecule has 0 spiro atoms. The van der Waals surface area contributed by atoms with E-state index >= 15 is 0 Å². The number of aliphatic hydroxyl groups is 5. The Bertz CT molecular complexity index is 285. The number of nitrogens with one attached hydrogen (secondary N) is 1. The summed E-state index contributed by atoms with van der Waals surface area (Å²) in [6.07, 6.45) is -6.24. The van der Waals surface area contributed by atoms with Crippen LogP contribution in [0.2, 0.25) is 0 Å². The van der Waals surface area contributed by atoms with Crippen molar-refractivity contribution in [3.8, 4) is 0 Å². The van der Waals surface area contributed by atoms with Crippen LogP contribution in [0.15, 0.2) is 0 Å². The topological polar surface area (TPSA) is 188 Å². The Balaban J connectivity index is 0. The van der Waals surface area contributed by atoms with E-state index in [1.54, 1.807) is 7.05 Å². The highest BCUT2D eigenvalue weighted by Crippen LogP contribution is 2.04. The van der Waals surface area contributed by atoms with Crippen LogP contribution in [0.25, 0.3) is 0 Å². The van der Waals surface area contributed by atoms with Crippen molar-refractivity contribution >= 4 is 11.9 Å². The highest BCUT2D eigenvalue weighted by molar-refractivity contribution is 5.75. The molecule has 8 N–H and O–H groups in total. The molecule has 0 bridgehead atoms. The normalized spacial score (nSPS) is 16.1. The summed E-state index contributed by atoms with van der Waals surface area (Å²) in [7, 11) is 1.57. The Kier molecular flexibility index (Phi) is 13.0. The van der Waals surface area contributed by atoms with E-state index in [-0.39, 0.29) is 19.4 Å². The van der Waals surface area contributed by atoms with Gasteiger partial charge >= 0.3 is 11.9 Å². The number of aliphatic carboxylic acids is 2. The Morgan fingerprint density at radius 1 is 0.905 bits per heavy atom. The first-order chi connectivity index (χ1) is 9.67. The van der Waals surface area contributed by atoms with E-state index in [2.05, 4.69) is 5.32 Å². The van der Waals surface area contributed by atoms with Crippen LogP contribution >= 0.6 is 0 Å². The maximum Gasteiger partial charge on any atom is 0.303 e. The first-order valence-electron chi connectivity index (χ1n) is 6.08. The summed E-state index contributed by atoms with van der Waals surface area (Å²) in [5.41, 5.74) is 0. The van der Waals surface area contributed by atoms with Gasteiger partial charge in [-0.1, -0.05) is 0 Å². The minimum atomic E-state index is -1.55. The predicted octanol–water partition coefficient (Wildman–Crippen LogP) is -3.42. The number of likely N-dealkylation sites (N-methyl/N-ethyl adjacent to an activating group) is 1. The second-order valence-electron chi connectivity index (χ2n) is 4.14. The van der Waals surface area contributed by atoms with Crippen molar-refractivity contribution in [1.82, 2.24) is 5.32 Å². The van der Waals surface area contributed by atoms with Crippen LogP contribution in [-0.4, -0.2) is 92.3 Å². The summed E-state index contributed by atoms with van der Waals surface area (Å²) < 4.78 is 0. The van der Waals surface area contributed by atoms with Gasteiger partial charge in [-0.05, 0) is 7.05 Å². The zero-order valence-electron chi connectivity index (χ0n) is 11.6. The third kappa shape index (κ3) is 12.2. The average molecular weight is 313 g/mol. The molecule has 0 heterocycles. The zero-order valence-corrected chi connectivity index (χ0v) is 11.6. The number of rotatable bonds is 9. The molecular weight excluding hydrogens is 290 g/mol. The fraction of sp³-hybridized carbons (Fsp3) is 0.818. The highest BCUT2D eigenvalue weighted by Gasteiger charge is 2.29. The molecule has 0 aromatic carbocycles. The summed E-state index contributed by atoms with van der Waals surface area (Å²) in [6, 6.07) is 0. The third-order valence-corrected chi connectivity index (χ3v) is 2.29. The van der Waals surface area contributed by atoms with Crippen LogP contribution in [-0.2, 0) is 9.59 Å². The van der Waals surface area contributed by atoms with Gasteiger partial charge in [0.2, 0.25) is 0 Å². The lowest BCUT2D eigenvalue weighted by atomic mass is 10.0. The molecule has 0 saturated carbocycles. The first kappa shape index (κ1) is 22.0. The van der Waals surface area contributed by atoms with E-state index in [9.17, 15) is 14.7 Å². The second kappa shape index (κ2) is 12.4. The monoisotopic (exact) mass is 313 g/mol. The molecule has 21 heavy (non-hydrogen) atoms. The van der Waals surface area contributed by atoms with Gasteiger partial charge < -0.3 is 41.1 Å². The number of carboxylic acids is 2. The predicted molar refractivity (Wildman–Crippen MR) is 69.5 cm³/mol. The minimum absolute atomic E-state index is 0.0936. The van der Waals surface area contributed by atoms with Gasteiger partial charge in [-0.3, -0.25) is 9.59 Å². The van der Waals surface area contributed by atoms with Crippen molar-refractivity contribution in [2.75, 3.05) is 20.2 Å². The summed E-state index contributed by atoms with van der Waals surface area (Å²) in [5, 5.41) is 63.3. The molecule has 0 radical (unpaired) electrons. The van der Waals surface area contributed by atoms with E-state index in [4.69, 9.17) is 30.6 Å². The minimum Gasteiger partial charge on any atom is -0.481 e. The summed E-state index contributed by atoms with van der Waals surface area (Å²) in [5.74, 6) is -2.15. The van der Waals surface area contributed by atoms with Crippen molar-refractivity contribution in [2.24, 2.45) is 0 Å². The van der Waals surface area contributed by atoms with Crippen molar-refractivity contribution in [1.29, 1.82) is 0 Å². The Morgan fingerprint density at radius 3 is 1.57 bits per heavy atom. The SMILES string of the molecule is CNC[C@H](O)[C@@H](O)[C@H](O)[C@H](O)CO.O=C(O)CCC(=O)O. The second-order valence-corrected chi connectivity index (χ2v) is 4.14. The molecule has 0 aliphatic heterocycles. The first-order valence-corrected chi connectivity index (χ1v) is 6.08. The summed E-state index contributed by atoms with van der Waals surface area (Å²) >= 11 is 0. The van der Waals surface area contributed by atoms with Crippen molar-refractivity contribution in [3.63, 3.8) is 0 Å². The van der Waals surface area contributed by atoms with E-state index in [0.717, 1.165) is 0 Å². The van der Waals surface area contributed by atoms with E-state index in [1.807, 2.05) is 0 Å². The van der Waals surface area contributed by atoms with Gasteiger partial charge in [0.25, 0.3) is 0 Å². The number of carboxylic acid groups (broad SMARTS) is 2. The van der Waals surface area contributed by atoms with Crippen molar-refractivity contribution < 1.29 is 45.3 Å². The average Bonchev–Trinajstić information content (AvgIpc) is 2.43. The molecule has 4 atom stereocenters. The lowest BCUT2D eigenvalue weighted by Crippen LogP contribution is -2.48. The quantitative estimate of drug-likeness (QED) is 0.213. The van der Waals surface area contributed by atoms with Gasteiger partial charge in [0.05, 0.1) is 25.6 Å². The molecule has 0 amide bonds. The van der Waals surface area contributed by atoms with Crippen LogP contribution in [0.4, 0.5) is 0 Å². The fourth-order valence-electron chi connectivity index (χ4n) is 1.11. The smallest absolute Gasteiger partial charge is 0.303 e. The molecule has 10 nitrogen and oxygen atoms in total. The Labute approximate surface area is 121 Å². The van der Waals surface area contributed by atoms with Gasteiger partial charge in [-0.25, -0.2) is 0 Å². The van der Waals surface area contributed by atoms with Gasteiger partial charge in [-0.2, -0.15) is 0 Å². The van der Waals surface area contributed by atoms with Gasteiger partial charge in [0, 0.05) is 6.54 Å². The van der Waals surface area contributed by atoms with Crippen molar-refractivity contribution in [3.05, 3.63) is 0 Å². The Morgan fingerprint density at radius 2 is 1.29 bits per heavy atom. The van der Waals surface area contributed by atoms with Crippen LogP contribution in [0.1, 0.15) is 12.8 Å². The molecule has 0 aliphatic carbocycles. The summed E-state index contributed by atoms with van der Waals surface area (Å²) in [4.78, 5) is 19.3. The molecule has 0 aromatic heterocycles. The van der Waals surface area contributed by atoms with E-state index in [1.165, 1.54) is 0 Å². The lowest BCUT2D eigenvalue weighted by molar-refractivity contribution is -0.143. The molecule has 0 aromatic rings. The number of hydrogen-bond acceptors (Lipinski definition) is 8. The molecule has 0 fully saturated rings. The molecule has 126 valence electrons. The van der Waals surface area contributed by atoms with Crippen molar-refractivity contribution in [2.45, 2.75) is 37.3 Å². The number of carbonyl (C=O) groups is 2. The summed E-state index contributed by atoms with van der Waals surface area (Å²) in [6.45, 7) is -0.569. The molecule has 0 saturated heterocycles. The largest absolute Gasteiger partial charge is 0.481 e. The molecule has 0 rings (SSSR count). The Hall–Kier alpha value is -1.30.